The number of rotatable bonds is 4. The number of benzene rings is 3. The average Bonchev–Trinajstić information content (AvgIpc) is 2.90. The van der Waals surface area contributed by atoms with Gasteiger partial charge in [0, 0.05) is 23.2 Å². The predicted octanol–water partition coefficient (Wildman–Crippen LogP) is 4.42. The summed E-state index contributed by atoms with van der Waals surface area (Å²) < 4.78 is 5.22. The third-order valence-electron chi connectivity index (χ3n) is 4.92. The number of hydrogen-bond acceptors (Lipinski definition) is 3. The second-order valence-electron chi connectivity index (χ2n) is 6.22. The average molecular weight is 319 g/mol. The molecule has 0 spiro atoms. The van der Waals surface area contributed by atoms with Crippen LogP contribution < -0.4 is 9.64 Å². The van der Waals surface area contributed by atoms with E-state index in [9.17, 15) is 5.11 Å². The van der Waals surface area contributed by atoms with Gasteiger partial charge in [-0.25, -0.2) is 0 Å². The molecule has 1 heterocycles. The predicted molar refractivity (Wildman–Crippen MR) is 97.5 cm³/mol. The monoisotopic (exact) mass is 319 g/mol. The minimum absolute atomic E-state index is 0.599. The van der Waals surface area contributed by atoms with Crippen LogP contribution in [0, 0.1) is 0 Å². The Morgan fingerprint density at radius 1 is 1.04 bits per heavy atom. The van der Waals surface area contributed by atoms with Crippen molar-refractivity contribution >= 4 is 16.5 Å². The number of ether oxygens (including phenoxy) is 1. The molecule has 3 aromatic rings. The van der Waals surface area contributed by atoms with Gasteiger partial charge in [0.2, 0.25) is 0 Å². The van der Waals surface area contributed by atoms with Crippen LogP contribution in [-0.4, -0.2) is 12.2 Å². The second kappa shape index (κ2) is 5.84. The Balaban J connectivity index is 1.76. The van der Waals surface area contributed by atoms with Crippen LogP contribution in [0.25, 0.3) is 10.8 Å². The van der Waals surface area contributed by atoms with E-state index in [1.807, 2.05) is 36.4 Å². The Morgan fingerprint density at radius 3 is 2.54 bits per heavy atom. The zero-order chi connectivity index (χ0) is 16.7. The number of anilines is 1. The summed E-state index contributed by atoms with van der Waals surface area (Å²) in [5, 5.41) is 13.3. The first kappa shape index (κ1) is 15.0. The largest absolute Gasteiger partial charge is 0.497 e. The van der Waals surface area contributed by atoms with E-state index < -0.39 is 6.23 Å². The van der Waals surface area contributed by atoms with Crippen LogP contribution in [-0.2, 0) is 13.0 Å². The number of aryl methyl sites for hydroxylation is 1. The Hall–Kier alpha value is -2.52. The summed E-state index contributed by atoms with van der Waals surface area (Å²) >= 11 is 0. The Morgan fingerprint density at radius 2 is 1.83 bits per heavy atom. The summed E-state index contributed by atoms with van der Waals surface area (Å²) in [6.45, 7) is 2.84. The quantitative estimate of drug-likeness (QED) is 0.772. The number of methoxy groups -OCH3 is 1. The fourth-order valence-electron chi connectivity index (χ4n) is 3.64. The molecule has 0 bridgehead atoms. The molecule has 1 aliphatic rings. The molecule has 3 heteroatoms. The highest BCUT2D eigenvalue weighted by atomic mass is 16.5. The van der Waals surface area contributed by atoms with Gasteiger partial charge in [0.1, 0.15) is 5.75 Å². The maximum absolute atomic E-state index is 10.9. The third-order valence-corrected chi connectivity index (χ3v) is 4.92. The van der Waals surface area contributed by atoms with Gasteiger partial charge in [0.05, 0.1) is 7.11 Å². The highest BCUT2D eigenvalue weighted by Gasteiger charge is 2.30. The zero-order valence-corrected chi connectivity index (χ0v) is 14.0. The minimum Gasteiger partial charge on any atom is -0.497 e. The van der Waals surface area contributed by atoms with Crippen molar-refractivity contribution in [3.05, 3.63) is 71.3 Å². The maximum Gasteiger partial charge on any atom is 0.154 e. The van der Waals surface area contributed by atoms with Crippen molar-refractivity contribution in [1.29, 1.82) is 0 Å². The topological polar surface area (TPSA) is 32.7 Å². The fraction of sp³-hybridized carbons (Fsp3) is 0.238. The van der Waals surface area contributed by atoms with E-state index in [1.165, 1.54) is 16.3 Å². The summed E-state index contributed by atoms with van der Waals surface area (Å²) in [6, 6.07) is 18.6. The molecule has 3 aromatic carbocycles. The van der Waals surface area contributed by atoms with Crippen molar-refractivity contribution < 1.29 is 9.84 Å². The molecule has 4 rings (SSSR count). The molecular formula is C21H21NO2. The SMILES string of the molecule is CCc1ccc2c3c(cccc13)C(O)N2Cc1ccc(OC)cc1. The van der Waals surface area contributed by atoms with E-state index in [1.54, 1.807) is 7.11 Å². The molecule has 1 atom stereocenters. The van der Waals surface area contributed by atoms with Crippen molar-refractivity contribution in [3.8, 4) is 5.75 Å². The summed E-state index contributed by atoms with van der Waals surface area (Å²) in [5.74, 6) is 0.846. The molecule has 1 N–H and O–H groups in total. The number of nitrogens with zero attached hydrogens (tertiary/aromatic N) is 1. The number of hydrogen-bond donors (Lipinski definition) is 1. The fourth-order valence-corrected chi connectivity index (χ4v) is 3.64. The normalized spacial score (nSPS) is 16.0. The first-order valence-corrected chi connectivity index (χ1v) is 8.35. The van der Waals surface area contributed by atoms with E-state index in [-0.39, 0.29) is 0 Å². The van der Waals surface area contributed by atoms with Crippen molar-refractivity contribution in [2.75, 3.05) is 12.0 Å². The molecule has 3 nitrogen and oxygen atoms in total. The molecule has 0 aromatic heterocycles. The second-order valence-corrected chi connectivity index (χ2v) is 6.22. The number of aliphatic hydroxyl groups is 1. The van der Waals surface area contributed by atoms with Gasteiger partial charge < -0.3 is 14.7 Å². The molecule has 122 valence electrons. The van der Waals surface area contributed by atoms with Crippen LogP contribution >= 0.6 is 0 Å². The standard InChI is InChI=1S/C21H21NO2/c1-3-15-9-12-19-20-17(15)5-4-6-18(20)21(23)22(19)13-14-7-10-16(24-2)11-8-14/h4-12,21,23H,3,13H2,1-2H3. The lowest BCUT2D eigenvalue weighted by Gasteiger charge is -2.24. The van der Waals surface area contributed by atoms with E-state index in [0.29, 0.717) is 6.54 Å². The van der Waals surface area contributed by atoms with Gasteiger partial charge in [-0.05, 0) is 41.1 Å². The summed E-state index contributed by atoms with van der Waals surface area (Å²) in [5.41, 5.74) is 4.59. The van der Waals surface area contributed by atoms with E-state index >= 15 is 0 Å². The lowest BCUT2D eigenvalue weighted by molar-refractivity contribution is 0.176. The van der Waals surface area contributed by atoms with E-state index in [4.69, 9.17) is 4.74 Å². The smallest absolute Gasteiger partial charge is 0.154 e. The van der Waals surface area contributed by atoms with Gasteiger partial charge in [-0.1, -0.05) is 43.3 Å². The van der Waals surface area contributed by atoms with Crippen LogP contribution in [0.2, 0.25) is 0 Å². The molecule has 0 radical (unpaired) electrons. The van der Waals surface area contributed by atoms with Crippen molar-refractivity contribution in [1.82, 2.24) is 0 Å². The highest BCUT2D eigenvalue weighted by Crippen LogP contribution is 2.44. The molecule has 0 fully saturated rings. The zero-order valence-electron chi connectivity index (χ0n) is 14.0. The van der Waals surface area contributed by atoms with Crippen molar-refractivity contribution in [3.63, 3.8) is 0 Å². The third kappa shape index (κ3) is 2.24. The van der Waals surface area contributed by atoms with Crippen LogP contribution in [0.4, 0.5) is 5.69 Å². The maximum atomic E-state index is 10.9. The highest BCUT2D eigenvalue weighted by molar-refractivity contribution is 6.02. The number of aliphatic hydroxyl groups excluding tert-OH is 1. The van der Waals surface area contributed by atoms with Gasteiger partial charge in [-0.2, -0.15) is 0 Å². The Labute approximate surface area is 142 Å². The first-order chi connectivity index (χ1) is 11.7. The molecule has 0 saturated heterocycles. The molecular weight excluding hydrogens is 298 g/mol. The van der Waals surface area contributed by atoms with E-state index in [2.05, 4.69) is 30.0 Å². The molecule has 0 saturated carbocycles. The first-order valence-electron chi connectivity index (χ1n) is 8.35. The van der Waals surface area contributed by atoms with Gasteiger partial charge in [0.15, 0.2) is 6.23 Å². The molecule has 0 amide bonds. The van der Waals surface area contributed by atoms with Crippen LogP contribution in [0.5, 0.6) is 5.75 Å². The summed E-state index contributed by atoms with van der Waals surface area (Å²) in [7, 11) is 1.67. The Kier molecular flexibility index (Phi) is 3.66. The lowest BCUT2D eigenvalue weighted by Crippen LogP contribution is -2.23. The van der Waals surface area contributed by atoms with Crippen LogP contribution in [0.3, 0.4) is 0 Å². The summed E-state index contributed by atoms with van der Waals surface area (Å²) in [6.07, 6.45) is 0.396. The van der Waals surface area contributed by atoms with Gasteiger partial charge >= 0.3 is 0 Å². The van der Waals surface area contributed by atoms with E-state index in [0.717, 1.165) is 29.0 Å². The molecule has 24 heavy (non-hydrogen) atoms. The lowest BCUT2D eigenvalue weighted by atomic mass is 9.99. The molecule has 0 aliphatic carbocycles. The van der Waals surface area contributed by atoms with Crippen molar-refractivity contribution in [2.24, 2.45) is 0 Å². The Bertz CT molecular complexity index is 886. The van der Waals surface area contributed by atoms with Gasteiger partial charge in [0.25, 0.3) is 0 Å². The van der Waals surface area contributed by atoms with Gasteiger partial charge in [-0.15, -0.1) is 0 Å². The summed E-state index contributed by atoms with van der Waals surface area (Å²) in [4.78, 5) is 2.07. The van der Waals surface area contributed by atoms with Gasteiger partial charge in [-0.3, -0.25) is 0 Å². The molecule has 1 aliphatic heterocycles. The minimum atomic E-state index is -0.599. The van der Waals surface area contributed by atoms with Crippen LogP contribution in [0.15, 0.2) is 54.6 Å². The molecule has 1 unspecified atom stereocenters. The van der Waals surface area contributed by atoms with Crippen LogP contribution in [0.1, 0.15) is 29.8 Å². The van der Waals surface area contributed by atoms with Crippen molar-refractivity contribution in [2.45, 2.75) is 26.1 Å².